The summed E-state index contributed by atoms with van der Waals surface area (Å²) in [4.78, 5) is 16.2. The number of para-hydroxylation sites is 1. The van der Waals surface area contributed by atoms with Crippen molar-refractivity contribution in [3.05, 3.63) is 59.7 Å². The van der Waals surface area contributed by atoms with Crippen LogP contribution in [-0.4, -0.2) is 59.8 Å². The van der Waals surface area contributed by atoms with Gasteiger partial charge in [0.1, 0.15) is 6.79 Å². The summed E-state index contributed by atoms with van der Waals surface area (Å²) < 4.78 is 15.5. The number of nitrogens with zero attached hydrogens (tertiary/aromatic N) is 2. The fourth-order valence-electron chi connectivity index (χ4n) is 3.67. The first-order valence-corrected chi connectivity index (χ1v) is 9.95. The lowest BCUT2D eigenvalue weighted by molar-refractivity contribution is -0.0636. The summed E-state index contributed by atoms with van der Waals surface area (Å²) in [6.45, 7) is 3.12. The van der Waals surface area contributed by atoms with E-state index in [1.165, 1.54) is 18.4 Å². The highest BCUT2D eigenvalue weighted by molar-refractivity contribution is 5.89. The van der Waals surface area contributed by atoms with Gasteiger partial charge in [-0.05, 0) is 48.7 Å². The highest BCUT2D eigenvalue weighted by Gasteiger charge is 2.24. The SMILES string of the molecule is COCO[C@H]1CCN(c2ccccc2CCN(C)c2ccc(C(=O)OC)cc2)C1. The first-order chi connectivity index (χ1) is 14.1. The molecule has 1 aliphatic rings. The zero-order chi connectivity index (χ0) is 20.6. The van der Waals surface area contributed by atoms with E-state index in [9.17, 15) is 4.79 Å². The third-order valence-corrected chi connectivity index (χ3v) is 5.34. The lowest BCUT2D eigenvalue weighted by Crippen LogP contribution is -2.25. The number of hydrogen-bond acceptors (Lipinski definition) is 6. The second-order valence-electron chi connectivity index (χ2n) is 7.27. The van der Waals surface area contributed by atoms with E-state index < -0.39 is 0 Å². The number of hydrogen-bond donors (Lipinski definition) is 0. The van der Waals surface area contributed by atoms with Gasteiger partial charge in [-0.1, -0.05) is 18.2 Å². The Morgan fingerprint density at radius 3 is 2.62 bits per heavy atom. The lowest BCUT2D eigenvalue weighted by atomic mass is 10.1. The number of rotatable bonds is 9. The summed E-state index contributed by atoms with van der Waals surface area (Å²) >= 11 is 0. The van der Waals surface area contributed by atoms with Crippen LogP contribution in [0.25, 0.3) is 0 Å². The van der Waals surface area contributed by atoms with E-state index in [-0.39, 0.29) is 12.1 Å². The van der Waals surface area contributed by atoms with E-state index >= 15 is 0 Å². The van der Waals surface area contributed by atoms with Crippen molar-refractivity contribution in [3.63, 3.8) is 0 Å². The molecule has 1 fully saturated rings. The Hall–Kier alpha value is -2.57. The van der Waals surface area contributed by atoms with Crippen LogP contribution in [0.15, 0.2) is 48.5 Å². The molecular formula is C23H30N2O4. The van der Waals surface area contributed by atoms with Gasteiger partial charge in [-0.2, -0.15) is 0 Å². The molecule has 0 bridgehead atoms. The molecule has 0 radical (unpaired) electrons. The second kappa shape index (κ2) is 10.3. The molecule has 0 aromatic heterocycles. The minimum absolute atomic E-state index is 0.221. The van der Waals surface area contributed by atoms with E-state index in [1.807, 2.05) is 12.1 Å². The van der Waals surface area contributed by atoms with Crippen molar-refractivity contribution in [1.82, 2.24) is 0 Å². The maximum Gasteiger partial charge on any atom is 0.337 e. The average molecular weight is 399 g/mol. The summed E-state index contributed by atoms with van der Waals surface area (Å²) in [5.41, 5.74) is 4.25. The smallest absolute Gasteiger partial charge is 0.337 e. The molecule has 29 heavy (non-hydrogen) atoms. The molecule has 1 saturated heterocycles. The Kier molecular flexibility index (Phi) is 7.49. The van der Waals surface area contributed by atoms with E-state index in [0.717, 1.165) is 38.2 Å². The maximum absolute atomic E-state index is 11.6. The van der Waals surface area contributed by atoms with Crippen LogP contribution in [0.3, 0.4) is 0 Å². The molecule has 2 aromatic rings. The molecule has 0 N–H and O–H groups in total. The molecule has 6 nitrogen and oxygen atoms in total. The molecular weight excluding hydrogens is 368 g/mol. The number of anilines is 2. The Balaban J connectivity index is 1.60. The third-order valence-electron chi connectivity index (χ3n) is 5.34. The monoisotopic (exact) mass is 398 g/mol. The molecule has 0 aliphatic carbocycles. The van der Waals surface area contributed by atoms with Gasteiger partial charge in [-0.3, -0.25) is 0 Å². The van der Waals surface area contributed by atoms with Crippen molar-refractivity contribution in [1.29, 1.82) is 0 Å². The predicted octanol–water partition coefficient (Wildman–Crippen LogP) is 3.35. The summed E-state index contributed by atoms with van der Waals surface area (Å²) in [6, 6.07) is 16.1. The Bertz CT molecular complexity index is 794. The quantitative estimate of drug-likeness (QED) is 0.477. The van der Waals surface area contributed by atoms with Gasteiger partial charge in [0.05, 0.1) is 18.8 Å². The van der Waals surface area contributed by atoms with Crippen LogP contribution in [0.5, 0.6) is 0 Å². The minimum Gasteiger partial charge on any atom is -0.465 e. The molecule has 0 unspecified atom stereocenters. The molecule has 1 aliphatic heterocycles. The van der Waals surface area contributed by atoms with Crippen LogP contribution in [-0.2, 0) is 20.6 Å². The second-order valence-corrected chi connectivity index (χ2v) is 7.27. The predicted molar refractivity (Wildman–Crippen MR) is 115 cm³/mol. The van der Waals surface area contributed by atoms with Crippen molar-refractivity contribution in [2.75, 3.05) is 57.5 Å². The van der Waals surface area contributed by atoms with Gasteiger partial charge >= 0.3 is 5.97 Å². The fraction of sp³-hybridized carbons (Fsp3) is 0.435. The van der Waals surface area contributed by atoms with Crippen LogP contribution in [0.2, 0.25) is 0 Å². The summed E-state index contributed by atoms with van der Waals surface area (Å²) in [7, 11) is 5.12. The molecule has 3 rings (SSSR count). The molecule has 6 heteroatoms. The van der Waals surface area contributed by atoms with Gasteiger partial charge in [0.2, 0.25) is 0 Å². The van der Waals surface area contributed by atoms with Gasteiger partial charge in [-0.15, -0.1) is 0 Å². The average Bonchev–Trinajstić information content (AvgIpc) is 3.24. The highest BCUT2D eigenvalue weighted by atomic mass is 16.7. The molecule has 156 valence electrons. The fourth-order valence-corrected chi connectivity index (χ4v) is 3.67. The topological polar surface area (TPSA) is 51.2 Å². The zero-order valence-corrected chi connectivity index (χ0v) is 17.5. The summed E-state index contributed by atoms with van der Waals surface area (Å²) in [5, 5.41) is 0. The zero-order valence-electron chi connectivity index (χ0n) is 17.5. The van der Waals surface area contributed by atoms with E-state index in [0.29, 0.717) is 12.4 Å². The number of esters is 1. The molecule has 0 spiro atoms. The van der Waals surface area contributed by atoms with E-state index in [4.69, 9.17) is 14.2 Å². The summed E-state index contributed by atoms with van der Waals surface area (Å²) in [5.74, 6) is -0.313. The Morgan fingerprint density at radius 2 is 1.90 bits per heavy atom. The van der Waals surface area contributed by atoms with E-state index in [2.05, 4.69) is 41.1 Å². The van der Waals surface area contributed by atoms with Crippen molar-refractivity contribution < 1.29 is 19.0 Å². The molecule has 0 amide bonds. The van der Waals surface area contributed by atoms with Gasteiger partial charge in [0.25, 0.3) is 0 Å². The van der Waals surface area contributed by atoms with Crippen molar-refractivity contribution in [2.24, 2.45) is 0 Å². The first kappa shape index (κ1) is 21.1. The van der Waals surface area contributed by atoms with Gasteiger partial charge in [0, 0.05) is 45.2 Å². The normalized spacial score (nSPS) is 16.1. The Labute approximate surface area is 173 Å². The van der Waals surface area contributed by atoms with Crippen LogP contribution in [0.4, 0.5) is 11.4 Å². The van der Waals surface area contributed by atoms with Crippen LogP contribution in [0, 0.1) is 0 Å². The number of likely N-dealkylation sites (N-methyl/N-ethyl adjacent to an activating group) is 1. The van der Waals surface area contributed by atoms with Gasteiger partial charge in [-0.25, -0.2) is 4.79 Å². The third kappa shape index (κ3) is 5.49. The van der Waals surface area contributed by atoms with Crippen molar-refractivity contribution in [3.8, 4) is 0 Å². The number of carbonyl (C=O) groups is 1. The lowest BCUT2D eigenvalue weighted by Gasteiger charge is -2.24. The molecule has 1 atom stereocenters. The summed E-state index contributed by atoms with van der Waals surface area (Å²) in [6.07, 6.45) is 2.18. The number of carbonyl (C=O) groups excluding carboxylic acids is 1. The van der Waals surface area contributed by atoms with Gasteiger partial charge in [0.15, 0.2) is 0 Å². The van der Waals surface area contributed by atoms with E-state index in [1.54, 1.807) is 19.2 Å². The van der Waals surface area contributed by atoms with Crippen molar-refractivity contribution >= 4 is 17.3 Å². The number of benzene rings is 2. The van der Waals surface area contributed by atoms with Crippen molar-refractivity contribution in [2.45, 2.75) is 18.9 Å². The molecule has 1 heterocycles. The first-order valence-electron chi connectivity index (χ1n) is 9.95. The van der Waals surface area contributed by atoms with Gasteiger partial charge < -0.3 is 24.0 Å². The largest absolute Gasteiger partial charge is 0.465 e. The standard InChI is InChI=1S/C23H30N2O4/c1-24(20-10-8-19(9-11-20)23(26)28-3)14-12-18-6-4-5-7-22(18)25-15-13-21(16-25)29-17-27-2/h4-11,21H,12-17H2,1-3H3/t21-/m0/s1. The van der Waals surface area contributed by atoms with Crippen LogP contribution in [0.1, 0.15) is 22.3 Å². The highest BCUT2D eigenvalue weighted by Crippen LogP contribution is 2.26. The van der Waals surface area contributed by atoms with Crippen LogP contribution >= 0.6 is 0 Å². The minimum atomic E-state index is -0.313. The van der Waals surface area contributed by atoms with Crippen LogP contribution < -0.4 is 9.80 Å². The number of ether oxygens (including phenoxy) is 3. The number of methoxy groups -OCH3 is 2. The molecule has 0 saturated carbocycles. The Morgan fingerprint density at radius 1 is 1.14 bits per heavy atom. The molecule has 2 aromatic carbocycles. The maximum atomic E-state index is 11.6.